The molecule has 0 aromatic carbocycles. The Hall–Kier alpha value is -3.18. The van der Waals surface area contributed by atoms with Gasteiger partial charge in [-0.15, -0.1) is 0 Å². The Morgan fingerprint density at radius 3 is 2.79 bits per heavy atom. The van der Waals surface area contributed by atoms with Crippen LogP contribution in [0.5, 0.6) is 5.88 Å². The lowest BCUT2D eigenvalue weighted by Crippen LogP contribution is -2.49. The number of carbonyl (C=O) groups excluding carboxylic acids is 2. The lowest BCUT2D eigenvalue weighted by Gasteiger charge is -2.33. The Morgan fingerprint density at radius 2 is 2.12 bits per heavy atom. The van der Waals surface area contributed by atoms with Crippen LogP contribution in [0.2, 0.25) is 0 Å². The van der Waals surface area contributed by atoms with Gasteiger partial charge in [0.25, 0.3) is 11.5 Å². The molecule has 2 aliphatic rings. The number of fused-ring (bicyclic) bond motifs is 1. The average molecular weight is 460 g/mol. The van der Waals surface area contributed by atoms with E-state index in [1.54, 1.807) is 0 Å². The van der Waals surface area contributed by atoms with Crippen LogP contribution >= 0.6 is 0 Å². The number of aromatic hydroxyl groups is 1. The second kappa shape index (κ2) is 9.36. The maximum Gasteiger partial charge on any atom is 0.270 e. The maximum atomic E-state index is 13.3. The number of hydrogen-bond acceptors (Lipinski definition) is 7. The van der Waals surface area contributed by atoms with Crippen LogP contribution in [0.3, 0.4) is 0 Å². The molecule has 3 heterocycles. The third kappa shape index (κ3) is 4.64. The molecular formula is C22H29N5O6. The number of rotatable bonds is 7. The highest BCUT2D eigenvalue weighted by Gasteiger charge is 2.30. The highest BCUT2D eigenvalue weighted by atomic mass is 16.5. The highest BCUT2D eigenvalue weighted by Crippen LogP contribution is 2.23. The Bertz CT molecular complexity index is 1150. The number of amides is 2. The first-order chi connectivity index (χ1) is 15.8. The van der Waals surface area contributed by atoms with E-state index >= 15 is 0 Å². The predicted octanol–water partition coefficient (Wildman–Crippen LogP) is -0.0173. The zero-order valence-corrected chi connectivity index (χ0v) is 18.7. The molecule has 11 nitrogen and oxygen atoms in total. The smallest absolute Gasteiger partial charge is 0.270 e. The van der Waals surface area contributed by atoms with Gasteiger partial charge < -0.3 is 25.2 Å². The number of ether oxygens (including phenoxy) is 1. The number of aliphatic hydroxyl groups is 1. The summed E-state index contributed by atoms with van der Waals surface area (Å²) >= 11 is 0. The summed E-state index contributed by atoms with van der Waals surface area (Å²) in [5, 5.41) is 27.2. The number of carbonyl (C=O) groups is 2. The molecule has 0 bridgehead atoms. The van der Waals surface area contributed by atoms with E-state index in [1.165, 1.54) is 27.8 Å². The second-order valence-electron chi connectivity index (χ2n) is 8.87. The third-order valence-electron chi connectivity index (χ3n) is 5.72. The predicted molar refractivity (Wildman–Crippen MR) is 119 cm³/mol. The van der Waals surface area contributed by atoms with Gasteiger partial charge in [0.05, 0.1) is 32.1 Å². The van der Waals surface area contributed by atoms with Gasteiger partial charge in [0.2, 0.25) is 11.8 Å². The van der Waals surface area contributed by atoms with Crippen LogP contribution in [-0.4, -0.2) is 79.6 Å². The summed E-state index contributed by atoms with van der Waals surface area (Å²) in [6.07, 6.45) is 5.99. The van der Waals surface area contributed by atoms with Gasteiger partial charge in [0.1, 0.15) is 5.65 Å². The molecular weight excluding hydrogens is 430 g/mol. The summed E-state index contributed by atoms with van der Waals surface area (Å²) in [6.45, 7) is 4.97. The SMILES string of the molecule is CC(C)Cn1c(=O)c(C(=O)NC2CC2)c(O)n2ncc(/C=C/C(=O)N3CCOC[C@@H]3CO)c12. The molecule has 1 saturated heterocycles. The number of aromatic nitrogens is 3. The highest BCUT2D eigenvalue weighted by molar-refractivity contribution is 5.97. The first-order valence-electron chi connectivity index (χ1n) is 11.1. The van der Waals surface area contributed by atoms with Crippen molar-refractivity contribution in [2.75, 3.05) is 26.4 Å². The summed E-state index contributed by atoms with van der Waals surface area (Å²) in [6, 6.07) is -0.397. The van der Waals surface area contributed by atoms with Crippen molar-refractivity contribution in [3.05, 3.63) is 33.8 Å². The first kappa shape index (κ1) is 23.0. The molecule has 0 radical (unpaired) electrons. The Kier molecular flexibility index (Phi) is 6.52. The Balaban J connectivity index is 1.74. The van der Waals surface area contributed by atoms with E-state index in [2.05, 4.69) is 10.4 Å². The van der Waals surface area contributed by atoms with Crippen LogP contribution in [0.4, 0.5) is 0 Å². The molecule has 33 heavy (non-hydrogen) atoms. The fraction of sp³-hybridized carbons (Fsp3) is 0.545. The van der Waals surface area contributed by atoms with Crippen LogP contribution in [0.25, 0.3) is 11.7 Å². The lowest BCUT2D eigenvalue weighted by atomic mass is 10.2. The van der Waals surface area contributed by atoms with Crippen molar-refractivity contribution in [1.82, 2.24) is 24.4 Å². The minimum Gasteiger partial charge on any atom is -0.492 e. The molecule has 2 fully saturated rings. The van der Waals surface area contributed by atoms with Gasteiger partial charge in [0, 0.05) is 30.8 Å². The van der Waals surface area contributed by atoms with E-state index in [4.69, 9.17) is 4.74 Å². The fourth-order valence-electron chi connectivity index (χ4n) is 3.90. The molecule has 4 rings (SSSR count). The molecule has 1 saturated carbocycles. The molecule has 1 atom stereocenters. The van der Waals surface area contributed by atoms with Gasteiger partial charge in [-0.1, -0.05) is 13.8 Å². The number of aliphatic hydroxyl groups excluding tert-OH is 1. The molecule has 2 aromatic rings. The third-order valence-corrected chi connectivity index (χ3v) is 5.72. The van der Waals surface area contributed by atoms with Crippen LogP contribution in [0.15, 0.2) is 17.1 Å². The normalized spacial score (nSPS) is 19.0. The molecule has 0 unspecified atom stereocenters. The Labute approximate surface area is 190 Å². The Morgan fingerprint density at radius 1 is 1.36 bits per heavy atom. The van der Waals surface area contributed by atoms with Gasteiger partial charge in [-0.25, -0.2) is 0 Å². The van der Waals surface area contributed by atoms with Crippen LogP contribution in [0, 0.1) is 5.92 Å². The summed E-state index contributed by atoms with van der Waals surface area (Å²) < 4.78 is 7.87. The number of nitrogens with zero attached hydrogens (tertiary/aromatic N) is 4. The quantitative estimate of drug-likeness (QED) is 0.495. The fourth-order valence-corrected chi connectivity index (χ4v) is 3.90. The van der Waals surface area contributed by atoms with E-state index < -0.39 is 23.4 Å². The molecule has 178 valence electrons. The van der Waals surface area contributed by atoms with Crippen molar-refractivity contribution in [1.29, 1.82) is 0 Å². The zero-order chi connectivity index (χ0) is 23.7. The number of hydrogen-bond donors (Lipinski definition) is 3. The minimum atomic E-state index is -0.621. The summed E-state index contributed by atoms with van der Waals surface area (Å²) in [5.41, 5.74) is -0.219. The van der Waals surface area contributed by atoms with E-state index in [1.807, 2.05) is 13.8 Å². The van der Waals surface area contributed by atoms with Crippen molar-refractivity contribution in [2.45, 2.75) is 45.3 Å². The molecule has 2 aromatic heterocycles. The van der Waals surface area contributed by atoms with Crippen molar-refractivity contribution in [3.63, 3.8) is 0 Å². The molecule has 2 amide bonds. The zero-order valence-electron chi connectivity index (χ0n) is 18.7. The molecule has 11 heteroatoms. The maximum absolute atomic E-state index is 13.3. The monoisotopic (exact) mass is 459 g/mol. The van der Waals surface area contributed by atoms with Crippen molar-refractivity contribution in [2.24, 2.45) is 5.92 Å². The standard InChI is InChI=1S/C22H29N5O6/c1-13(2)10-26-20-14(3-6-17(29)25-7-8-33-12-16(25)11-28)9-23-27(20)22(32)18(21(26)31)19(30)24-15-4-5-15/h3,6,9,13,15-16,28,32H,4-5,7-8,10-12H2,1-2H3,(H,24,30)/b6-3+/t16-/m0/s1. The summed E-state index contributed by atoms with van der Waals surface area (Å²) in [5.74, 6) is -1.39. The topological polar surface area (TPSA) is 138 Å². The summed E-state index contributed by atoms with van der Waals surface area (Å²) in [4.78, 5) is 40.2. The largest absolute Gasteiger partial charge is 0.492 e. The van der Waals surface area contributed by atoms with Gasteiger partial charge in [0.15, 0.2) is 5.56 Å². The molecule has 3 N–H and O–H groups in total. The number of morpholine rings is 1. The van der Waals surface area contributed by atoms with Gasteiger partial charge >= 0.3 is 0 Å². The van der Waals surface area contributed by atoms with Crippen LogP contribution in [0.1, 0.15) is 42.6 Å². The van der Waals surface area contributed by atoms with E-state index in [-0.39, 0.29) is 36.6 Å². The summed E-state index contributed by atoms with van der Waals surface area (Å²) in [7, 11) is 0. The van der Waals surface area contributed by atoms with E-state index in [0.29, 0.717) is 30.9 Å². The minimum absolute atomic E-state index is 0.0237. The van der Waals surface area contributed by atoms with E-state index in [9.17, 15) is 24.6 Å². The van der Waals surface area contributed by atoms with Gasteiger partial charge in [-0.3, -0.25) is 19.0 Å². The molecule has 1 aliphatic heterocycles. The van der Waals surface area contributed by atoms with Crippen LogP contribution in [-0.2, 0) is 16.1 Å². The van der Waals surface area contributed by atoms with Gasteiger partial charge in [-0.2, -0.15) is 9.61 Å². The van der Waals surface area contributed by atoms with E-state index in [0.717, 1.165) is 17.4 Å². The average Bonchev–Trinajstić information content (AvgIpc) is 3.50. The first-order valence-corrected chi connectivity index (χ1v) is 11.1. The second-order valence-corrected chi connectivity index (χ2v) is 8.87. The number of nitrogens with one attached hydrogen (secondary N) is 1. The molecule has 1 aliphatic carbocycles. The van der Waals surface area contributed by atoms with Crippen LogP contribution < -0.4 is 10.9 Å². The van der Waals surface area contributed by atoms with Crippen molar-refractivity contribution in [3.8, 4) is 5.88 Å². The van der Waals surface area contributed by atoms with Crippen molar-refractivity contribution >= 4 is 23.5 Å². The van der Waals surface area contributed by atoms with Gasteiger partial charge in [-0.05, 0) is 24.8 Å². The lowest BCUT2D eigenvalue weighted by molar-refractivity contribution is -0.136. The van der Waals surface area contributed by atoms with Crippen molar-refractivity contribution < 1.29 is 24.5 Å². The molecule has 0 spiro atoms.